The summed E-state index contributed by atoms with van der Waals surface area (Å²) in [6.07, 6.45) is -0.770. The van der Waals surface area contributed by atoms with Gasteiger partial charge in [-0.1, -0.05) is 6.08 Å². The zero-order valence-electron chi connectivity index (χ0n) is 7.51. The Bertz CT molecular complexity index is 450. The highest BCUT2D eigenvalue weighted by Crippen LogP contribution is 2.35. The molecule has 2 nitrogen and oxygen atoms in total. The van der Waals surface area contributed by atoms with E-state index in [1.807, 2.05) is 0 Å². The second kappa shape index (κ2) is 3.69. The Morgan fingerprint density at radius 2 is 2.20 bits per heavy atom. The van der Waals surface area contributed by atoms with Crippen molar-refractivity contribution in [1.82, 2.24) is 4.98 Å². The maximum absolute atomic E-state index is 13.3. The first-order valence-corrected chi connectivity index (χ1v) is 5.08. The number of anilines is 1. The number of nitrogens with two attached hydrogens (primary N) is 1. The van der Waals surface area contributed by atoms with Gasteiger partial charge >= 0.3 is 0 Å². The van der Waals surface area contributed by atoms with Gasteiger partial charge in [0.2, 0.25) is 0 Å². The maximum atomic E-state index is 13.3. The number of allylic oxidation sites excluding steroid dienone is 4. The van der Waals surface area contributed by atoms with Crippen molar-refractivity contribution in [3.05, 3.63) is 28.8 Å². The van der Waals surface area contributed by atoms with Crippen molar-refractivity contribution in [3.63, 3.8) is 0 Å². The first kappa shape index (κ1) is 10.2. The molecule has 0 bridgehead atoms. The van der Waals surface area contributed by atoms with Gasteiger partial charge in [0.25, 0.3) is 0 Å². The molecule has 0 aliphatic heterocycles. The average molecular weight is 232 g/mol. The molecule has 1 aromatic heterocycles. The number of thiazole rings is 1. The monoisotopic (exact) mass is 232 g/mol. The summed E-state index contributed by atoms with van der Waals surface area (Å²) < 4.78 is 39.0. The first-order chi connectivity index (χ1) is 7.09. The summed E-state index contributed by atoms with van der Waals surface area (Å²) in [6.45, 7) is 0. The molecule has 1 unspecified atom stereocenters. The van der Waals surface area contributed by atoms with E-state index in [1.54, 1.807) is 0 Å². The van der Waals surface area contributed by atoms with Crippen LogP contribution in [0, 0.1) is 0 Å². The summed E-state index contributed by atoms with van der Waals surface area (Å²) in [6, 6.07) is 0. The molecule has 1 aromatic rings. The molecular formula is C9H7F3N2S. The molecule has 0 radical (unpaired) electrons. The Hall–Kier alpha value is -1.30. The van der Waals surface area contributed by atoms with Gasteiger partial charge in [-0.2, -0.15) is 0 Å². The van der Waals surface area contributed by atoms with E-state index in [2.05, 4.69) is 4.98 Å². The van der Waals surface area contributed by atoms with Gasteiger partial charge in [0.05, 0.1) is 5.69 Å². The Morgan fingerprint density at radius 3 is 2.80 bits per heavy atom. The number of nitrogens with zero attached hydrogens (tertiary/aromatic N) is 1. The molecule has 2 N–H and O–H groups in total. The SMILES string of the molecule is Nc1nc(C2=CCC(F)C(F)=C2F)cs1. The molecule has 0 saturated heterocycles. The third-order valence-electron chi connectivity index (χ3n) is 2.05. The van der Waals surface area contributed by atoms with Crippen LogP contribution in [0.3, 0.4) is 0 Å². The summed E-state index contributed by atoms with van der Waals surface area (Å²) >= 11 is 1.12. The largest absolute Gasteiger partial charge is 0.375 e. The highest BCUT2D eigenvalue weighted by Gasteiger charge is 2.26. The number of rotatable bonds is 1. The van der Waals surface area contributed by atoms with Crippen molar-refractivity contribution in [1.29, 1.82) is 0 Å². The summed E-state index contributed by atoms with van der Waals surface area (Å²) in [5, 5.41) is 1.77. The van der Waals surface area contributed by atoms with Crippen LogP contribution in [0.5, 0.6) is 0 Å². The minimum Gasteiger partial charge on any atom is -0.375 e. The standard InChI is InChI=1S/C9H7F3N2S/c10-5-2-1-4(7(11)8(5)12)6-3-15-9(13)14-6/h1,3,5H,2H2,(H2,13,14). The third-order valence-corrected chi connectivity index (χ3v) is 2.72. The minimum absolute atomic E-state index is 0.0191. The number of alkyl halides is 1. The molecule has 80 valence electrons. The average Bonchev–Trinajstić information content (AvgIpc) is 2.61. The van der Waals surface area contributed by atoms with E-state index >= 15 is 0 Å². The van der Waals surface area contributed by atoms with Crippen LogP contribution >= 0.6 is 11.3 Å². The molecule has 1 atom stereocenters. The topological polar surface area (TPSA) is 38.9 Å². The first-order valence-electron chi connectivity index (χ1n) is 4.20. The number of aromatic nitrogens is 1. The number of hydrogen-bond acceptors (Lipinski definition) is 3. The van der Waals surface area contributed by atoms with Crippen LogP contribution in [0.25, 0.3) is 5.57 Å². The van der Waals surface area contributed by atoms with E-state index < -0.39 is 17.8 Å². The molecule has 6 heteroatoms. The van der Waals surface area contributed by atoms with Gasteiger partial charge in [-0.15, -0.1) is 11.3 Å². The molecule has 0 amide bonds. The number of halogens is 3. The Balaban J connectivity index is 2.40. The fraction of sp³-hybridized carbons (Fsp3) is 0.222. The summed E-state index contributed by atoms with van der Waals surface area (Å²) in [4.78, 5) is 3.81. The van der Waals surface area contributed by atoms with E-state index in [-0.39, 0.29) is 22.8 Å². The molecule has 0 fully saturated rings. The van der Waals surface area contributed by atoms with Gasteiger partial charge < -0.3 is 5.73 Å². The minimum atomic E-state index is -1.88. The molecule has 1 aliphatic carbocycles. The lowest BCUT2D eigenvalue weighted by atomic mass is 10.0. The van der Waals surface area contributed by atoms with Gasteiger partial charge in [-0.25, -0.2) is 18.2 Å². The lowest BCUT2D eigenvalue weighted by molar-refractivity contribution is 0.312. The normalized spacial score (nSPS) is 21.8. The Morgan fingerprint density at radius 1 is 1.47 bits per heavy atom. The molecule has 1 aliphatic rings. The van der Waals surface area contributed by atoms with Gasteiger partial charge in [-0.3, -0.25) is 0 Å². The van der Waals surface area contributed by atoms with Crippen LogP contribution in [0.15, 0.2) is 23.1 Å². The van der Waals surface area contributed by atoms with Crippen molar-refractivity contribution < 1.29 is 13.2 Å². The highest BCUT2D eigenvalue weighted by molar-refractivity contribution is 7.13. The van der Waals surface area contributed by atoms with Crippen LogP contribution in [0.2, 0.25) is 0 Å². The van der Waals surface area contributed by atoms with Gasteiger partial charge in [-0.05, 0) is 0 Å². The van der Waals surface area contributed by atoms with Crippen LogP contribution in [0.1, 0.15) is 12.1 Å². The van der Waals surface area contributed by atoms with E-state index in [4.69, 9.17) is 5.73 Å². The van der Waals surface area contributed by atoms with Crippen LogP contribution < -0.4 is 5.73 Å². The predicted molar refractivity (Wildman–Crippen MR) is 53.3 cm³/mol. The molecule has 15 heavy (non-hydrogen) atoms. The van der Waals surface area contributed by atoms with Crippen LogP contribution in [-0.2, 0) is 0 Å². The molecule has 1 heterocycles. The van der Waals surface area contributed by atoms with Crippen molar-refractivity contribution in [2.45, 2.75) is 12.6 Å². The maximum Gasteiger partial charge on any atom is 0.180 e. The third kappa shape index (κ3) is 1.77. The van der Waals surface area contributed by atoms with Crippen molar-refractivity contribution >= 4 is 22.0 Å². The fourth-order valence-corrected chi connectivity index (χ4v) is 1.87. The lowest BCUT2D eigenvalue weighted by Gasteiger charge is -2.12. The van der Waals surface area contributed by atoms with Crippen LogP contribution in [0.4, 0.5) is 18.3 Å². The fourth-order valence-electron chi connectivity index (χ4n) is 1.31. The zero-order chi connectivity index (χ0) is 11.0. The number of hydrogen-bond donors (Lipinski definition) is 1. The predicted octanol–water partition coefficient (Wildman–Crippen LogP) is 3.00. The van der Waals surface area contributed by atoms with Crippen molar-refractivity contribution in [2.75, 3.05) is 5.73 Å². The van der Waals surface area contributed by atoms with Gasteiger partial charge in [0.1, 0.15) is 0 Å². The Kier molecular flexibility index (Phi) is 2.52. The van der Waals surface area contributed by atoms with E-state index in [1.165, 1.54) is 11.5 Å². The van der Waals surface area contributed by atoms with Crippen molar-refractivity contribution in [3.8, 4) is 0 Å². The molecule has 2 rings (SSSR count). The van der Waals surface area contributed by atoms with E-state index in [0.29, 0.717) is 0 Å². The molecule has 0 spiro atoms. The molecule has 0 saturated carbocycles. The summed E-state index contributed by atoms with van der Waals surface area (Å²) in [5.41, 5.74) is 5.59. The molecule has 0 aromatic carbocycles. The molecular weight excluding hydrogens is 225 g/mol. The van der Waals surface area contributed by atoms with Gasteiger partial charge in [0.15, 0.2) is 23.0 Å². The second-order valence-electron chi connectivity index (χ2n) is 3.05. The smallest absolute Gasteiger partial charge is 0.180 e. The highest BCUT2D eigenvalue weighted by atomic mass is 32.1. The van der Waals surface area contributed by atoms with Crippen molar-refractivity contribution in [2.24, 2.45) is 0 Å². The quantitative estimate of drug-likeness (QED) is 0.808. The van der Waals surface area contributed by atoms with Crippen LogP contribution in [-0.4, -0.2) is 11.2 Å². The summed E-state index contributed by atoms with van der Waals surface area (Å²) in [7, 11) is 0. The zero-order valence-corrected chi connectivity index (χ0v) is 8.32. The summed E-state index contributed by atoms with van der Waals surface area (Å²) in [5.74, 6) is -2.54. The lowest BCUT2D eigenvalue weighted by Crippen LogP contribution is -2.07. The van der Waals surface area contributed by atoms with Gasteiger partial charge in [0, 0.05) is 17.4 Å². The van der Waals surface area contributed by atoms with E-state index in [9.17, 15) is 13.2 Å². The van der Waals surface area contributed by atoms with E-state index in [0.717, 1.165) is 11.3 Å². The second-order valence-corrected chi connectivity index (χ2v) is 3.94. The number of nitrogen functional groups attached to an aromatic ring is 1. The Labute approximate surface area is 87.9 Å².